The molecule has 0 aliphatic carbocycles. The van der Waals surface area contributed by atoms with Gasteiger partial charge in [-0.3, -0.25) is 9.59 Å². The predicted octanol–water partition coefficient (Wildman–Crippen LogP) is 2.30. The Balaban J connectivity index is 2.13. The molecule has 1 amide bonds. The summed E-state index contributed by atoms with van der Waals surface area (Å²) in [5, 5.41) is 2.71. The Kier molecular flexibility index (Phi) is 7.80. The molecular formula is C15H21NO3S. The van der Waals surface area contributed by atoms with Gasteiger partial charge < -0.3 is 10.1 Å². The fraction of sp³-hybridized carbons (Fsp3) is 0.467. The van der Waals surface area contributed by atoms with E-state index in [0.29, 0.717) is 18.9 Å². The van der Waals surface area contributed by atoms with Crippen LogP contribution < -0.4 is 5.32 Å². The number of hydrogen-bond donors (Lipinski definition) is 1. The monoisotopic (exact) mass is 295 g/mol. The highest BCUT2D eigenvalue weighted by Gasteiger charge is 2.05. The minimum absolute atomic E-state index is 0.0491. The molecule has 0 aliphatic heterocycles. The van der Waals surface area contributed by atoms with Gasteiger partial charge in [-0.15, -0.1) is 11.8 Å². The van der Waals surface area contributed by atoms with Crippen molar-refractivity contribution in [2.45, 2.75) is 26.0 Å². The average Bonchev–Trinajstić information content (AvgIpc) is 2.39. The second-order valence-electron chi connectivity index (χ2n) is 4.39. The number of carbonyl (C=O) groups is 2. The highest BCUT2D eigenvalue weighted by Crippen LogP contribution is 2.13. The van der Waals surface area contributed by atoms with Crippen LogP contribution in [-0.4, -0.2) is 30.8 Å². The molecule has 4 nitrogen and oxygen atoms in total. The number of nitrogens with one attached hydrogen (secondary N) is 1. The second kappa shape index (κ2) is 9.42. The van der Waals surface area contributed by atoms with Crippen molar-refractivity contribution in [3.05, 3.63) is 35.4 Å². The Hall–Kier alpha value is -1.49. The quantitative estimate of drug-likeness (QED) is 0.748. The second-order valence-corrected chi connectivity index (χ2v) is 5.37. The van der Waals surface area contributed by atoms with Crippen molar-refractivity contribution in [3.63, 3.8) is 0 Å². The van der Waals surface area contributed by atoms with E-state index in [1.807, 2.05) is 6.07 Å². The van der Waals surface area contributed by atoms with Gasteiger partial charge in [-0.05, 0) is 19.4 Å². The van der Waals surface area contributed by atoms with Crippen LogP contribution in [0.3, 0.4) is 0 Å². The van der Waals surface area contributed by atoms with Crippen molar-refractivity contribution in [1.29, 1.82) is 0 Å². The number of ether oxygens (including phenoxy) is 1. The van der Waals surface area contributed by atoms with E-state index in [-0.39, 0.29) is 18.3 Å². The zero-order valence-corrected chi connectivity index (χ0v) is 12.8. The molecule has 0 heterocycles. The third-order valence-electron chi connectivity index (χ3n) is 2.54. The number of carbonyl (C=O) groups excluding carboxylic acids is 2. The minimum atomic E-state index is -0.278. The van der Waals surface area contributed by atoms with Gasteiger partial charge in [0.25, 0.3) is 0 Å². The van der Waals surface area contributed by atoms with Crippen molar-refractivity contribution in [3.8, 4) is 0 Å². The Labute approximate surface area is 124 Å². The molecule has 0 fully saturated rings. The maximum Gasteiger partial charge on any atom is 0.307 e. The third kappa shape index (κ3) is 7.19. The lowest BCUT2D eigenvalue weighted by molar-refractivity contribution is -0.142. The smallest absolute Gasteiger partial charge is 0.307 e. The molecule has 1 aromatic carbocycles. The van der Waals surface area contributed by atoms with Crippen LogP contribution in [0.1, 0.15) is 24.5 Å². The van der Waals surface area contributed by atoms with Crippen LogP contribution in [0.5, 0.6) is 0 Å². The van der Waals surface area contributed by atoms with E-state index in [1.165, 1.54) is 11.1 Å². The van der Waals surface area contributed by atoms with E-state index in [9.17, 15) is 9.59 Å². The van der Waals surface area contributed by atoms with Gasteiger partial charge >= 0.3 is 5.97 Å². The fourth-order valence-corrected chi connectivity index (χ4v) is 2.46. The number of thioether (sulfide) groups is 1. The van der Waals surface area contributed by atoms with E-state index in [1.54, 1.807) is 18.7 Å². The van der Waals surface area contributed by atoms with Gasteiger partial charge in [-0.1, -0.05) is 29.8 Å². The average molecular weight is 295 g/mol. The summed E-state index contributed by atoms with van der Waals surface area (Å²) >= 11 is 1.56. The molecule has 1 rings (SSSR count). The zero-order valence-electron chi connectivity index (χ0n) is 12.0. The molecule has 0 bridgehead atoms. The number of rotatable bonds is 8. The highest BCUT2D eigenvalue weighted by atomic mass is 32.2. The predicted molar refractivity (Wildman–Crippen MR) is 81.6 cm³/mol. The van der Waals surface area contributed by atoms with E-state index < -0.39 is 0 Å². The molecule has 110 valence electrons. The Morgan fingerprint density at radius 1 is 1.35 bits per heavy atom. The number of esters is 1. The Bertz CT molecular complexity index is 448. The molecule has 1 N–H and O–H groups in total. The van der Waals surface area contributed by atoms with Gasteiger partial charge in [0.05, 0.1) is 18.8 Å². The summed E-state index contributed by atoms with van der Waals surface area (Å²) in [7, 11) is 0. The van der Waals surface area contributed by atoms with E-state index in [2.05, 4.69) is 30.4 Å². The Morgan fingerprint density at radius 2 is 2.15 bits per heavy atom. The molecule has 0 atom stereocenters. The van der Waals surface area contributed by atoms with Gasteiger partial charge in [-0.2, -0.15) is 0 Å². The van der Waals surface area contributed by atoms with Crippen LogP contribution in [-0.2, 0) is 20.1 Å². The molecule has 0 aromatic heterocycles. The molecule has 0 unspecified atom stereocenters. The third-order valence-corrected chi connectivity index (χ3v) is 3.54. The molecule has 0 saturated carbocycles. The molecule has 0 spiro atoms. The van der Waals surface area contributed by atoms with Gasteiger partial charge in [0, 0.05) is 12.3 Å². The van der Waals surface area contributed by atoms with Crippen LogP contribution in [0.15, 0.2) is 24.3 Å². The zero-order chi connectivity index (χ0) is 14.8. The largest absolute Gasteiger partial charge is 0.466 e. The van der Waals surface area contributed by atoms with Crippen molar-refractivity contribution in [2.24, 2.45) is 0 Å². The van der Waals surface area contributed by atoms with E-state index in [0.717, 1.165) is 5.75 Å². The van der Waals surface area contributed by atoms with Gasteiger partial charge in [0.2, 0.25) is 5.91 Å². The summed E-state index contributed by atoms with van der Waals surface area (Å²) in [5.74, 6) is 0.885. The Morgan fingerprint density at radius 3 is 2.85 bits per heavy atom. The lowest BCUT2D eigenvalue weighted by atomic mass is 10.2. The molecule has 5 heteroatoms. The number of benzene rings is 1. The van der Waals surface area contributed by atoms with Crippen LogP contribution in [0, 0.1) is 6.92 Å². The first-order chi connectivity index (χ1) is 9.61. The molecule has 0 saturated heterocycles. The normalized spacial score (nSPS) is 10.1. The lowest BCUT2D eigenvalue weighted by Crippen LogP contribution is -2.28. The number of hydrogen-bond acceptors (Lipinski definition) is 4. The summed E-state index contributed by atoms with van der Waals surface area (Å²) in [5.41, 5.74) is 2.44. The minimum Gasteiger partial charge on any atom is -0.466 e. The summed E-state index contributed by atoms with van der Waals surface area (Å²) in [6.07, 6.45) is 0.224. The van der Waals surface area contributed by atoms with Gasteiger partial charge in [-0.25, -0.2) is 0 Å². The van der Waals surface area contributed by atoms with E-state index in [4.69, 9.17) is 4.74 Å². The molecular weight excluding hydrogens is 274 g/mol. The van der Waals surface area contributed by atoms with Crippen LogP contribution in [0.4, 0.5) is 0 Å². The SMILES string of the molecule is CCOC(=O)CCNC(=O)CSCc1cccc(C)c1. The van der Waals surface area contributed by atoms with Crippen molar-refractivity contribution in [1.82, 2.24) is 5.32 Å². The first-order valence-corrected chi connectivity index (χ1v) is 7.83. The van der Waals surface area contributed by atoms with E-state index >= 15 is 0 Å². The van der Waals surface area contributed by atoms with Crippen molar-refractivity contribution in [2.75, 3.05) is 18.9 Å². The van der Waals surface area contributed by atoms with Gasteiger partial charge in [0.1, 0.15) is 0 Å². The first kappa shape index (κ1) is 16.6. The number of aryl methyl sites for hydroxylation is 1. The topological polar surface area (TPSA) is 55.4 Å². The standard InChI is InChI=1S/C15H21NO3S/c1-3-19-15(18)7-8-16-14(17)11-20-10-13-6-4-5-12(2)9-13/h4-6,9H,3,7-8,10-11H2,1-2H3,(H,16,17). The molecule has 0 aliphatic rings. The summed E-state index contributed by atoms with van der Waals surface area (Å²) in [4.78, 5) is 22.6. The van der Waals surface area contributed by atoms with Crippen LogP contribution in [0.25, 0.3) is 0 Å². The van der Waals surface area contributed by atoms with Gasteiger partial charge in [0.15, 0.2) is 0 Å². The van der Waals surface area contributed by atoms with Crippen LogP contribution >= 0.6 is 11.8 Å². The molecule has 0 radical (unpaired) electrons. The van der Waals surface area contributed by atoms with Crippen molar-refractivity contribution < 1.29 is 14.3 Å². The summed E-state index contributed by atoms with van der Waals surface area (Å²) in [6, 6.07) is 8.24. The first-order valence-electron chi connectivity index (χ1n) is 6.67. The number of amides is 1. The molecule has 1 aromatic rings. The maximum absolute atomic E-state index is 11.6. The van der Waals surface area contributed by atoms with Crippen LogP contribution in [0.2, 0.25) is 0 Å². The lowest BCUT2D eigenvalue weighted by Gasteiger charge is -2.05. The summed E-state index contributed by atoms with van der Waals surface area (Å²) in [6.45, 7) is 4.52. The van der Waals surface area contributed by atoms with Crippen molar-refractivity contribution >= 4 is 23.6 Å². The highest BCUT2D eigenvalue weighted by molar-refractivity contribution is 7.99. The molecule has 20 heavy (non-hydrogen) atoms. The fourth-order valence-electron chi connectivity index (χ4n) is 1.65. The summed E-state index contributed by atoms with van der Waals surface area (Å²) < 4.78 is 4.78. The maximum atomic E-state index is 11.6.